The summed E-state index contributed by atoms with van der Waals surface area (Å²) in [5.41, 5.74) is 1.90. The van der Waals surface area contributed by atoms with Crippen LogP contribution in [0.25, 0.3) is 11.1 Å². The second-order valence-electron chi connectivity index (χ2n) is 6.74. The van der Waals surface area contributed by atoms with E-state index in [4.69, 9.17) is 4.42 Å². The zero-order valence-electron chi connectivity index (χ0n) is 13.8. The molecule has 1 aromatic carbocycles. The number of aryl methyl sites for hydroxylation is 1. The molecule has 124 valence electrons. The number of nitrogens with one attached hydrogen (secondary N) is 1. The van der Waals surface area contributed by atoms with E-state index in [1.165, 1.54) is 36.7 Å². The number of amides is 1. The van der Waals surface area contributed by atoms with E-state index in [1.54, 1.807) is 25.2 Å². The molecule has 0 bridgehead atoms. The lowest BCUT2D eigenvalue weighted by Gasteiger charge is -2.27. The van der Waals surface area contributed by atoms with Crippen LogP contribution in [0.2, 0.25) is 0 Å². The number of nitrogens with zero attached hydrogens (tertiary/aromatic N) is 1. The number of aromatic nitrogens is 1. The predicted octanol–water partition coefficient (Wildman–Crippen LogP) is 3.68. The Morgan fingerprint density at radius 2 is 2.09 bits per heavy atom. The number of anilines is 1. The third kappa shape index (κ3) is 3.49. The quantitative estimate of drug-likeness (QED) is 0.936. The maximum atomic E-state index is 12.3. The van der Waals surface area contributed by atoms with Crippen LogP contribution in [-0.4, -0.2) is 10.5 Å². The fourth-order valence-corrected chi connectivity index (χ4v) is 3.59. The van der Waals surface area contributed by atoms with E-state index in [0.717, 1.165) is 5.52 Å². The Balaban J connectivity index is 1.64. The lowest BCUT2D eigenvalue weighted by atomic mass is 9.79. The summed E-state index contributed by atoms with van der Waals surface area (Å²) in [6.45, 7) is 2.18. The molecule has 1 fully saturated rings. The van der Waals surface area contributed by atoms with Crippen molar-refractivity contribution in [2.75, 3.05) is 5.32 Å². The molecule has 0 spiro atoms. The molecule has 1 aromatic heterocycles. The molecular formula is C18H24N2O3. The number of carbonyl (C=O) groups excluding carboxylic acids is 1. The first-order valence-electron chi connectivity index (χ1n) is 8.44. The molecule has 5 heteroatoms. The molecule has 1 heterocycles. The van der Waals surface area contributed by atoms with E-state index in [0.29, 0.717) is 29.5 Å². The standard InChI is InChI=1S/C18H24N2O3/c1-12(13-6-4-3-5-7-13)10-17(21)19-14-8-9-15-16(11-14)23-18(22)20(15)2/h8-9,11-13H,3-7,10H2,1-2H3,(H,19,21). The first-order valence-corrected chi connectivity index (χ1v) is 8.44. The molecule has 0 aliphatic heterocycles. The Morgan fingerprint density at radius 1 is 1.35 bits per heavy atom. The highest BCUT2D eigenvalue weighted by Crippen LogP contribution is 2.31. The van der Waals surface area contributed by atoms with Crippen molar-refractivity contribution < 1.29 is 9.21 Å². The molecule has 1 aliphatic rings. The van der Waals surface area contributed by atoms with Crippen molar-refractivity contribution in [1.29, 1.82) is 0 Å². The van der Waals surface area contributed by atoms with Crippen LogP contribution in [0.4, 0.5) is 5.69 Å². The second-order valence-corrected chi connectivity index (χ2v) is 6.74. The number of oxazole rings is 1. The monoisotopic (exact) mass is 316 g/mol. The number of hydrogen-bond donors (Lipinski definition) is 1. The third-order valence-corrected chi connectivity index (χ3v) is 5.04. The van der Waals surface area contributed by atoms with Crippen molar-refractivity contribution in [3.8, 4) is 0 Å². The van der Waals surface area contributed by atoms with Crippen molar-refractivity contribution in [3.63, 3.8) is 0 Å². The summed E-state index contributed by atoms with van der Waals surface area (Å²) in [6, 6.07) is 5.31. The van der Waals surface area contributed by atoms with Gasteiger partial charge in [0, 0.05) is 25.2 Å². The van der Waals surface area contributed by atoms with Gasteiger partial charge in [0.2, 0.25) is 5.91 Å². The molecule has 0 radical (unpaired) electrons. The van der Waals surface area contributed by atoms with Crippen molar-refractivity contribution in [2.24, 2.45) is 18.9 Å². The number of rotatable bonds is 4. The molecule has 23 heavy (non-hydrogen) atoms. The van der Waals surface area contributed by atoms with Crippen LogP contribution < -0.4 is 11.1 Å². The fraction of sp³-hybridized carbons (Fsp3) is 0.556. The van der Waals surface area contributed by atoms with Crippen molar-refractivity contribution in [3.05, 3.63) is 28.7 Å². The van der Waals surface area contributed by atoms with Crippen LogP contribution >= 0.6 is 0 Å². The van der Waals surface area contributed by atoms with Crippen molar-refractivity contribution in [1.82, 2.24) is 4.57 Å². The minimum absolute atomic E-state index is 0.0284. The van der Waals surface area contributed by atoms with E-state index in [1.807, 2.05) is 0 Å². The van der Waals surface area contributed by atoms with Crippen molar-refractivity contribution in [2.45, 2.75) is 45.4 Å². The highest BCUT2D eigenvalue weighted by Gasteiger charge is 2.22. The van der Waals surface area contributed by atoms with Gasteiger partial charge in [-0.05, 0) is 24.0 Å². The number of fused-ring (bicyclic) bond motifs is 1. The first kappa shape index (κ1) is 15.8. The Bertz CT molecular complexity index is 753. The van der Waals surface area contributed by atoms with Gasteiger partial charge < -0.3 is 9.73 Å². The van der Waals surface area contributed by atoms with Gasteiger partial charge in [0.15, 0.2) is 5.58 Å². The molecule has 1 atom stereocenters. The molecule has 3 rings (SSSR count). The highest BCUT2D eigenvalue weighted by atomic mass is 16.4. The molecule has 1 aliphatic carbocycles. The first-order chi connectivity index (χ1) is 11.0. The molecule has 0 saturated heterocycles. The maximum Gasteiger partial charge on any atom is 0.419 e. The lowest BCUT2D eigenvalue weighted by Crippen LogP contribution is -2.22. The number of benzene rings is 1. The minimum Gasteiger partial charge on any atom is -0.408 e. The van der Waals surface area contributed by atoms with Gasteiger partial charge >= 0.3 is 5.76 Å². The summed E-state index contributed by atoms with van der Waals surface area (Å²) in [7, 11) is 1.66. The second kappa shape index (κ2) is 6.60. The third-order valence-electron chi connectivity index (χ3n) is 5.04. The molecule has 1 saturated carbocycles. The summed E-state index contributed by atoms with van der Waals surface area (Å²) < 4.78 is 6.60. The van der Waals surface area contributed by atoms with Gasteiger partial charge in [0.1, 0.15) is 0 Å². The Hall–Kier alpha value is -2.04. The van der Waals surface area contributed by atoms with Crippen LogP contribution in [0.15, 0.2) is 27.4 Å². The fourth-order valence-electron chi connectivity index (χ4n) is 3.59. The summed E-state index contributed by atoms with van der Waals surface area (Å²) in [5.74, 6) is 0.716. The zero-order valence-corrected chi connectivity index (χ0v) is 13.8. The van der Waals surface area contributed by atoms with E-state index in [-0.39, 0.29) is 5.91 Å². The highest BCUT2D eigenvalue weighted by molar-refractivity contribution is 5.92. The molecular weight excluding hydrogens is 292 g/mol. The molecule has 5 nitrogen and oxygen atoms in total. The molecule has 2 aromatic rings. The van der Waals surface area contributed by atoms with Gasteiger partial charge in [-0.3, -0.25) is 9.36 Å². The van der Waals surface area contributed by atoms with E-state index in [2.05, 4.69) is 12.2 Å². The topological polar surface area (TPSA) is 64.2 Å². The van der Waals surface area contributed by atoms with Gasteiger partial charge in [0.05, 0.1) is 5.52 Å². The van der Waals surface area contributed by atoms with E-state index in [9.17, 15) is 9.59 Å². The average molecular weight is 316 g/mol. The van der Waals surface area contributed by atoms with Gasteiger partial charge in [-0.15, -0.1) is 0 Å². The lowest BCUT2D eigenvalue weighted by molar-refractivity contribution is -0.117. The van der Waals surface area contributed by atoms with Crippen LogP contribution in [0.5, 0.6) is 0 Å². The summed E-state index contributed by atoms with van der Waals surface area (Å²) >= 11 is 0. The minimum atomic E-state index is -0.394. The molecule has 1 N–H and O–H groups in total. The van der Waals surface area contributed by atoms with Crippen LogP contribution in [0.1, 0.15) is 45.4 Å². The van der Waals surface area contributed by atoms with Crippen LogP contribution in [0, 0.1) is 11.8 Å². The Morgan fingerprint density at radius 3 is 2.83 bits per heavy atom. The maximum absolute atomic E-state index is 12.3. The van der Waals surface area contributed by atoms with Crippen LogP contribution in [0.3, 0.4) is 0 Å². The summed E-state index contributed by atoms with van der Waals surface area (Å²) in [5, 5.41) is 2.92. The largest absolute Gasteiger partial charge is 0.419 e. The summed E-state index contributed by atoms with van der Waals surface area (Å²) in [6.07, 6.45) is 6.95. The van der Waals surface area contributed by atoms with Gasteiger partial charge in [-0.2, -0.15) is 0 Å². The van der Waals surface area contributed by atoms with Gasteiger partial charge in [0.25, 0.3) is 0 Å². The predicted molar refractivity (Wildman–Crippen MR) is 90.4 cm³/mol. The Labute approximate surface area is 135 Å². The Kier molecular flexibility index (Phi) is 4.55. The zero-order chi connectivity index (χ0) is 16.4. The van der Waals surface area contributed by atoms with E-state index >= 15 is 0 Å². The molecule has 1 unspecified atom stereocenters. The normalized spacial score (nSPS) is 17.3. The SMILES string of the molecule is CC(CC(=O)Nc1ccc2c(c1)oc(=O)n2C)C1CCCCC1. The van der Waals surface area contributed by atoms with Gasteiger partial charge in [-0.1, -0.05) is 39.0 Å². The summed E-state index contributed by atoms with van der Waals surface area (Å²) in [4.78, 5) is 23.8. The smallest absolute Gasteiger partial charge is 0.408 e. The van der Waals surface area contributed by atoms with Gasteiger partial charge in [-0.25, -0.2) is 4.79 Å². The number of carbonyl (C=O) groups is 1. The van der Waals surface area contributed by atoms with Crippen molar-refractivity contribution >= 4 is 22.7 Å². The molecule has 1 amide bonds. The average Bonchev–Trinajstić information content (AvgIpc) is 2.82. The van der Waals surface area contributed by atoms with Crippen LogP contribution in [-0.2, 0) is 11.8 Å². The number of hydrogen-bond acceptors (Lipinski definition) is 3. The van der Waals surface area contributed by atoms with E-state index < -0.39 is 5.76 Å².